The highest BCUT2D eigenvalue weighted by molar-refractivity contribution is 6.07. The Morgan fingerprint density at radius 2 is 1.68 bits per heavy atom. The molecule has 1 saturated heterocycles. The third-order valence-electron chi connectivity index (χ3n) is 8.32. The number of amides is 1. The average Bonchev–Trinajstić information content (AvgIpc) is 2.95. The number of hydrogen-bond donors (Lipinski definition) is 2. The van der Waals surface area contributed by atoms with Gasteiger partial charge in [-0.25, -0.2) is 14.4 Å². The first kappa shape index (κ1) is 31.2. The zero-order valence-corrected chi connectivity index (χ0v) is 25.2. The molecule has 5 rings (SSSR count). The number of nitrogens with one attached hydrogen (secondary N) is 2. The summed E-state index contributed by atoms with van der Waals surface area (Å²) in [6.07, 6.45) is -1.85. The number of pyridine rings is 1. The number of benzene rings is 1. The molecule has 1 fully saturated rings. The Morgan fingerprint density at radius 3 is 2.27 bits per heavy atom. The second kappa shape index (κ2) is 12.0. The van der Waals surface area contributed by atoms with Crippen molar-refractivity contribution < 1.29 is 22.4 Å². The molecule has 13 heteroatoms. The second-order valence-corrected chi connectivity index (χ2v) is 11.6. The normalized spacial score (nSPS) is 19.6. The zero-order chi connectivity index (χ0) is 31.9. The topological polar surface area (TPSA) is 97.5 Å². The lowest BCUT2D eigenvalue weighted by Gasteiger charge is -2.44. The number of alkyl halides is 3. The molecule has 2 aliphatic heterocycles. The molecule has 1 aromatic carbocycles. The lowest BCUT2D eigenvalue weighted by atomic mass is 9.97. The van der Waals surface area contributed by atoms with E-state index < -0.39 is 34.6 Å². The largest absolute Gasteiger partial charge is 0.417 e. The standard InChI is InChI=1S/C31H35F4N7O2/c1-17-10-18(2)38-30(37-17)41-8-6-21(7-9-41)22-11-26(27(13-25(22)32)42-15-19(3)40(5)20(4)16-42)39-29(44)23-14-36-28(43)12-24(23)31(33,34)35/h6,10-14,19-20H,7-9,15-16H2,1-5H3,(H,36,43)(H,39,44)/t19-,20+. The maximum Gasteiger partial charge on any atom is 0.417 e. The summed E-state index contributed by atoms with van der Waals surface area (Å²) in [5, 5.41) is 2.61. The van der Waals surface area contributed by atoms with E-state index in [1.807, 2.05) is 56.7 Å². The van der Waals surface area contributed by atoms with Crippen LogP contribution >= 0.6 is 0 Å². The summed E-state index contributed by atoms with van der Waals surface area (Å²) in [5.74, 6) is -0.987. The minimum absolute atomic E-state index is 0.0978. The number of piperazine rings is 1. The van der Waals surface area contributed by atoms with E-state index in [4.69, 9.17) is 0 Å². The fourth-order valence-electron chi connectivity index (χ4n) is 5.80. The minimum Gasteiger partial charge on any atom is -0.367 e. The SMILES string of the molecule is Cc1cc(C)nc(N2CC=C(c3cc(NC(=O)c4c[nH]c(=O)cc4C(F)(F)F)c(N4C[C@@H](C)N(C)[C@@H](C)C4)cc3F)CC2)n1. The van der Waals surface area contributed by atoms with Crippen molar-refractivity contribution in [1.82, 2.24) is 19.9 Å². The Kier molecular flexibility index (Phi) is 8.52. The number of H-pyrrole nitrogens is 1. The number of rotatable bonds is 5. The monoisotopic (exact) mass is 613 g/mol. The smallest absolute Gasteiger partial charge is 0.367 e. The summed E-state index contributed by atoms with van der Waals surface area (Å²) >= 11 is 0. The first-order valence-corrected chi connectivity index (χ1v) is 14.4. The van der Waals surface area contributed by atoms with Crippen molar-refractivity contribution in [2.45, 2.75) is 52.4 Å². The summed E-state index contributed by atoms with van der Waals surface area (Å²) in [5.41, 5.74) is 0.0949. The van der Waals surface area contributed by atoms with E-state index in [1.54, 1.807) is 0 Å². The van der Waals surface area contributed by atoms with E-state index in [1.165, 1.54) is 12.1 Å². The van der Waals surface area contributed by atoms with E-state index >= 15 is 4.39 Å². The zero-order valence-electron chi connectivity index (χ0n) is 25.2. The van der Waals surface area contributed by atoms with Crippen molar-refractivity contribution in [3.63, 3.8) is 0 Å². The summed E-state index contributed by atoms with van der Waals surface area (Å²) < 4.78 is 57.2. The predicted octanol–water partition coefficient (Wildman–Crippen LogP) is 5.01. The highest BCUT2D eigenvalue weighted by Gasteiger charge is 2.36. The molecule has 0 saturated carbocycles. The molecule has 3 aromatic rings. The number of likely N-dealkylation sites (N-methyl/N-ethyl adjacent to an activating group) is 1. The van der Waals surface area contributed by atoms with E-state index in [0.717, 1.165) is 17.6 Å². The Morgan fingerprint density at radius 1 is 1.02 bits per heavy atom. The van der Waals surface area contributed by atoms with Crippen molar-refractivity contribution in [3.8, 4) is 0 Å². The van der Waals surface area contributed by atoms with Crippen molar-refractivity contribution in [2.24, 2.45) is 0 Å². The fourth-order valence-corrected chi connectivity index (χ4v) is 5.80. The highest BCUT2D eigenvalue weighted by Crippen LogP contribution is 2.37. The molecule has 0 radical (unpaired) electrons. The molecular weight excluding hydrogens is 578 g/mol. The Balaban J connectivity index is 1.52. The molecule has 2 N–H and O–H groups in total. The number of hydrogen-bond acceptors (Lipinski definition) is 7. The third kappa shape index (κ3) is 6.47. The van der Waals surface area contributed by atoms with Gasteiger partial charge in [-0.15, -0.1) is 0 Å². The van der Waals surface area contributed by atoms with Gasteiger partial charge in [0.25, 0.3) is 5.91 Å². The first-order chi connectivity index (χ1) is 20.7. The maximum absolute atomic E-state index is 15.9. The molecule has 2 aromatic heterocycles. The van der Waals surface area contributed by atoms with Crippen LogP contribution in [0.5, 0.6) is 0 Å². The minimum atomic E-state index is -4.93. The number of halogens is 4. The first-order valence-electron chi connectivity index (χ1n) is 14.4. The molecular formula is C31H35F4N7O2. The van der Waals surface area contributed by atoms with Gasteiger partial charge in [-0.05, 0) is 64.9 Å². The van der Waals surface area contributed by atoms with Crippen molar-refractivity contribution in [3.05, 3.63) is 80.8 Å². The molecule has 0 unspecified atom stereocenters. The molecule has 0 spiro atoms. The van der Waals surface area contributed by atoms with Crippen molar-refractivity contribution in [1.29, 1.82) is 0 Å². The van der Waals surface area contributed by atoms with Gasteiger partial charge in [-0.3, -0.25) is 14.5 Å². The Hall–Kier alpha value is -4.26. The van der Waals surface area contributed by atoms with Gasteiger partial charge in [0, 0.05) is 67.5 Å². The summed E-state index contributed by atoms with van der Waals surface area (Å²) in [6.45, 7) is 9.83. The molecule has 2 atom stereocenters. The predicted molar refractivity (Wildman–Crippen MR) is 162 cm³/mol. The number of carbonyl (C=O) groups is 1. The summed E-state index contributed by atoms with van der Waals surface area (Å²) in [6, 6.07) is 5.26. The summed E-state index contributed by atoms with van der Waals surface area (Å²) in [4.78, 5) is 42.3. The number of aromatic nitrogens is 3. The number of nitrogens with zero attached hydrogens (tertiary/aromatic N) is 5. The second-order valence-electron chi connectivity index (χ2n) is 11.6. The number of carbonyl (C=O) groups excluding carboxylic acids is 1. The Labute approximate surface area is 252 Å². The molecule has 2 aliphatic rings. The number of aromatic amines is 1. The van der Waals surface area contributed by atoms with Gasteiger partial charge in [0.1, 0.15) is 5.82 Å². The van der Waals surface area contributed by atoms with Crippen molar-refractivity contribution in [2.75, 3.05) is 48.3 Å². The van der Waals surface area contributed by atoms with Crippen LogP contribution < -0.4 is 20.7 Å². The molecule has 0 aliphatic carbocycles. The molecule has 1 amide bonds. The van der Waals surface area contributed by atoms with Crippen LogP contribution in [0.1, 0.15) is 53.1 Å². The maximum atomic E-state index is 15.9. The van der Waals surface area contributed by atoms with Crippen LogP contribution in [0.25, 0.3) is 5.57 Å². The quantitative estimate of drug-likeness (QED) is 0.391. The lowest BCUT2D eigenvalue weighted by molar-refractivity contribution is -0.138. The van der Waals surface area contributed by atoms with Crippen LogP contribution in [0, 0.1) is 19.7 Å². The molecule has 0 bridgehead atoms. The van der Waals surface area contributed by atoms with Gasteiger partial charge in [0.2, 0.25) is 11.5 Å². The number of aryl methyl sites for hydroxylation is 2. The number of anilines is 3. The van der Waals surface area contributed by atoms with Gasteiger partial charge in [0.15, 0.2) is 0 Å². The van der Waals surface area contributed by atoms with Gasteiger partial charge >= 0.3 is 6.18 Å². The fraction of sp³-hybridized carbons (Fsp3) is 0.419. The third-order valence-corrected chi connectivity index (χ3v) is 8.32. The van der Waals surface area contributed by atoms with Crippen LogP contribution in [-0.4, -0.2) is 71.1 Å². The van der Waals surface area contributed by atoms with Gasteiger partial charge in [-0.2, -0.15) is 13.2 Å². The van der Waals surface area contributed by atoms with Crippen molar-refractivity contribution >= 4 is 28.8 Å². The van der Waals surface area contributed by atoms with Gasteiger partial charge in [0.05, 0.1) is 22.5 Å². The highest BCUT2D eigenvalue weighted by atomic mass is 19.4. The Bertz CT molecular complexity index is 1640. The van der Waals surface area contributed by atoms with E-state index in [2.05, 4.69) is 25.2 Å². The van der Waals surface area contributed by atoms with Crippen LogP contribution in [0.3, 0.4) is 0 Å². The van der Waals surface area contributed by atoms with Crippen LogP contribution in [-0.2, 0) is 6.18 Å². The van der Waals surface area contributed by atoms with Gasteiger partial charge < -0.3 is 20.1 Å². The van der Waals surface area contributed by atoms with Crippen LogP contribution in [0.15, 0.2) is 41.3 Å². The average molecular weight is 614 g/mol. The molecule has 9 nitrogen and oxygen atoms in total. The van der Waals surface area contributed by atoms with Crippen LogP contribution in [0.4, 0.5) is 34.9 Å². The van der Waals surface area contributed by atoms with E-state index in [-0.39, 0.29) is 23.3 Å². The lowest BCUT2D eigenvalue weighted by Crippen LogP contribution is -2.55. The molecule has 44 heavy (non-hydrogen) atoms. The summed E-state index contributed by atoms with van der Waals surface area (Å²) in [7, 11) is 2.00. The van der Waals surface area contributed by atoms with Gasteiger partial charge in [-0.1, -0.05) is 6.08 Å². The molecule has 4 heterocycles. The molecule has 234 valence electrons. The van der Waals surface area contributed by atoms with Crippen LogP contribution in [0.2, 0.25) is 0 Å². The van der Waals surface area contributed by atoms with E-state index in [9.17, 15) is 22.8 Å². The van der Waals surface area contributed by atoms with E-state index in [0.29, 0.717) is 55.9 Å².